The summed E-state index contributed by atoms with van der Waals surface area (Å²) in [6.45, 7) is 6.55. The Bertz CT molecular complexity index is 195. The van der Waals surface area contributed by atoms with Gasteiger partial charge < -0.3 is 10.2 Å². The summed E-state index contributed by atoms with van der Waals surface area (Å²) >= 11 is 0. The van der Waals surface area contributed by atoms with Crippen molar-refractivity contribution >= 4 is 5.91 Å². The molecule has 0 aromatic carbocycles. The van der Waals surface area contributed by atoms with Crippen LogP contribution in [0.1, 0.15) is 20.8 Å². The molecule has 0 aliphatic carbocycles. The van der Waals surface area contributed by atoms with Crippen LogP contribution in [0.25, 0.3) is 0 Å². The molecule has 0 rings (SSSR count). The number of hydrogen-bond donors (Lipinski definition) is 1. The van der Waals surface area contributed by atoms with Gasteiger partial charge in [-0.2, -0.15) is 0 Å². The van der Waals surface area contributed by atoms with Crippen LogP contribution in [0.3, 0.4) is 0 Å². The fourth-order valence-electron chi connectivity index (χ4n) is 0.788. The molecule has 0 atom stereocenters. The molecule has 0 aliphatic rings. The predicted molar refractivity (Wildman–Crippen MR) is 55.6 cm³/mol. The number of rotatable bonds is 4. The minimum Gasteiger partial charge on any atom is -0.350 e. The Hall–Kier alpha value is -0.830. The Morgan fingerprint density at radius 2 is 2.00 bits per heavy atom. The highest BCUT2D eigenvalue weighted by Gasteiger charge is 2.04. The lowest BCUT2D eigenvalue weighted by atomic mass is 10.2. The standard InChI is InChI=1S/C10H20N2O/c1-8(2)11-10(13)9(3)6-7-12(4)5/h6,8H,7H2,1-5H3,(H,11,13)/b9-6+. The number of nitrogens with one attached hydrogen (secondary N) is 1. The van der Waals surface area contributed by atoms with E-state index in [0.29, 0.717) is 0 Å². The van der Waals surface area contributed by atoms with Gasteiger partial charge in [-0.3, -0.25) is 4.79 Å². The van der Waals surface area contributed by atoms with Gasteiger partial charge in [0, 0.05) is 18.2 Å². The van der Waals surface area contributed by atoms with Crippen LogP contribution in [0.5, 0.6) is 0 Å². The molecule has 0 aliphatic heterocycles. The molecular formula is C10H20N2O. The SMILES string of the molecule is C/C(=C\CN(C)C)C(=O)NC(C)C. The van der Waals surface area contributed by atoms with Crippen LogP contribution in [0.2, 0.25) is 0 Å². The maximum absolute atomic E-state index is 11.4. The highest BCUT2D eigenvalue weighted by Crippen LogP contribution is 1.94. The third-order valence-corrected chi connectivity index (χ3v) is 1.54. The summed E-state index contributed by atoms with van der Waals surface area (Å²) in [7, 11) is 3.95. The lowest BCUT2D eigenvalue weighted by Gasteiger charge is -2.09. The van der Waals surface area contributed by atoms with Crippen molar-refractivity contribution in [3.05, 3.63) is 11.6 Å². The zero-order valence-corrected chi connectivity index (χ0v) is 9.22. The Morgan fingerprint density at radius 3 is 2.38 bits per heavy atom. The van der Waals surface area contributed by atoms with Crippen LogP contribution in [0.15, 0.2) is 11.6 Å². The van der Waals surface area contributed by atoms with Gasteiger partial charge in [-0.25, -0.2) is 0 Å². The molecule has 1 N–H and O–H groups in total. The van der Waals surface area contributed by atoms with Crippen molar-refractivity contribution in [1.29, 1.82) is 0 Å². The second-order valence-electron chi connectivity index (χ2n) is 3.78. The van der Waals surface area contributed by atoms with Gasteiger partial charge in [0.15, 0.2) is 0 Å². The van der Waals surface area contributed by atoms with Crippen LogP contribution in [0.4, 0.5) is 0 Å². The number of likely N-dealkylation sites (N-methyl/N-ethyl adjacent to an activating group) is 1. The highest BCUT2D eigenvalue weighted by molar-refractivity contribution is 5.92. The topological polar surface area (TPSA) is 32.3 Å². The molecule has 0 bridgehead atoms. The maximum atomic E-state index is 11.4. The van der Waals surface area contributed by atoms with E-state index in [-0.39, 0.29) is 11.9 Å². The van der Waals surface area contributed by atoms with E-state index in [2.05, 4.69) is 5.32 Å². The largest absolute Gasteiger partial charge is 0.350 e. The molecule has 3 nitrogen and oxygen atoms in total. The summed E-state index contributed by atoms with van der Waals surface area (Å²) in [6.07, 6.45) is 1.93. The summed E-state index contributed by atoms with van der Waals surface area (Å²) in [4.78, 5) is 13.4. The molecule has 0 radical (unpaired) electrons. The second-order valence-corrected chi connectivity index (χ2v) is 3.78. The molecule has 1 amide bonds. The zero-order valence-electron chi connectivity index (χ0n) is 9.22. The summed E-state index contributed by atoms with van der Waals surface area (Å²) in [5.74, 6) is 0.0249. The van der Waals surface area contributed by atoms with Crippen LogP contribution in [-0.2, 0) is 4.79 Å². The first-order chi connectivity index (χ1) is 5.93. The molecule has 0 saturated heterocycles. The van der Waals surface area contributed by atoms with Crippen molar-refractivity contribution in [3.63, 3.8) is 0 Å². The van der Waals surface area contributed by atoms with Gasteiger partial charge in [-0.05, 0) is 34.9 Å². The molecule has 0 spiro atoms. The quantitative estimate of drug-likeness (QED) is 0.662. The van der Waals surface area contributed by atoms with Crippen molar-refractivity contribution in [1.82, 2.24) is 10.2 Å². The fourth-order valence-corrected chi connectivity index (χ4v) is 0.788. The molecule has 0 fully saturated rings. The predicted octanol–water partition coefficient (Wildman–Crippen LogP) is 1.02. The number of nitrogens with zero attached hydrogens (tertiary/aromatic N) is 1. The van der Waals surface area contributed by atoms with E-state index in [4.69, 9.17) is 0 Å². The summed E-state index contributed by atoms with van der Waals surface area (Å²) in [5, 5.41) is 2.84. The van der Waals surface area contributed by atoms with Gasteiger partial charge in [-0.1, -0.05) is 6.08 Å². The van der Waals surface area contributed by atoms with Crippen molar-refractivity contribution in [2.24, 2.45) is 0 Å². The highest BCUT2D eigenvalue weighted by atomic mass is 16.1. The lowest BCUT2D eigenvalue weighted by molar-refractivity contribution is -0.117. The van der Waals surface area contributed by atoms with Crippen LogP contribution in [0, 0.1) is 0 Å². The van der Waals surface area contributed by atoms with Gasteiger partial charge >= 0.3 is 0 Å². The molecule has 0 heterocycles. The third-order valence-electron chi connectivity index (χ3n) is 1.54. The van der Waals surface area contributed by atoms with Gasteiger partial charge in [0.2, 0.25) is 5.91 Å². The monoisotopic (exact) mass is 184 g/mol. The Balaban J connectivity index is 4.01. The third kappa shape index (κ3) is 6.34. The lowest BCUT2D eigenvalue weighted by Crippen LogP contribution is -2.31. The smallest absolute Gasteiger partial charge is 0.246 e. The van der Waals surface area contributed by atoms with Crippen molar-refractivity contribution in [3.8, 4) is 0 Å². The second kappa shape index (κ2) is 5.75. The van der Waals surface area contributed by atoms with Crippen molar-refractivity contribution in [2.75, 3.05) is 20.6 Å². The molecule has 0 unspecified atom stereocenters. The minimum absolute atomic E-state index is 0.0249. The fraction of sp³-hybridized carbons (Fsp3) is 0.700. The first kappa shape index (κ1) is 12.2. The summed E-state index contributed by atoms with van der Waals surface area (Å²) < 4.78 is 0. The van der Waals surface area contributed by atoms with E-state index in [1.165, 1.54) is 0 Å². The average molecular weight is 184 g/mol. The van der Waals surface area contributed by atoms with E-state index in [0.717, 1.165) is 12.1 Å². The van der Waals surface area contributed by atoms with E-state index in [1.807, 2.05) is 45.8 Å². The summed E-state index contributed by atoms with van der Waals surface area (Å²) in [5.41, 5.74) is 0.780. The molecule has 76 valence electrons. The van der Waals surface area contributed by atoms with Gasteiger partial charge in [0.05, 0.1) is 0 Å². The zero-order chi connectivity index (χ0) is 10.4. The van der Waals surface area contributed by atoms with E-state index in [9.17, 15) is 4.79 Å². The van der Waals surface area contributed by atoms with Crippen LogP contribution in [-0.4, -0.2) is 37.5 Å². The number of hydrogen-bond acceptors (Lipinski definition) is 2. The van der Waals surface area contributed by atoms with E-state index in [1.54, 1.807) is 0 Å². The number of amides is 1. The first-order valence-corrected chi connectivity index (χ1v) is 4.56. The first-order valence-electron chi connectivity index (χ1n) is 4.56. The normalized spacial score (nSPS) is 12.4. The molecule has 3 heteroatoms. The van der Waals surface area contributed by atoms with Crippen LogP contribution >= 0.6 is 0 Å². The maximum Gasteiger partial charge on any atom is 0.246 e. The molecule has 13 heavy (non-hydrogen) atoms. The Labute approximate surface area is 80.8 Å². The number of carbonyl (C=O) groups excluding carboxylic acids is 1. The van der Waals surface area contributed by atoms with Crippen molar-refractivity contribution in [2.45, 2.75) is 26.8 Å². The molecule has 0 aromatic rings. The summed E-state index contributed by atoms with van der Waals surface area (Å²) in [6, 6.07) is 0.204. The Morgan fingerprint density at radius 1 is 1.46 bits per heavy atom. The minimum atomic E-state index is 0.0249. The average Bonchev–Trinajstić information content (AvgIpc) is 1.98. The molecular weight excluding hydrogens is 164 g/mol. The number of carbonyl (C=O) groups is 1. The van der Waals surface area contributed by atoms with Gasteiger partial charge in [-0.15, -0.1) is 0 Å². The van der Waals surface area contributed by atoms with E-state index >= 15 is 0 Å². The van der Waals surface area contributed by atoms with E-state index < -0.39 is 0 Å². The van der Waals surface area contributed by atoms with Crippen molar-refractivity contribution < 1.29 is 4.79 Å². The molecule has 0 saturated carbocycles. The Kier molecular flexibility index (Phi) is 5.39. The van der Waals surface area contributed by atoms with Gasteiger partial charge in [0.25, 0.3) is 0 Å². The van der Waals surface area contributed by atoms with Gasteiger partial charge in [0.1, 0.15) is 0 Å². The van der Waals surface area contributed by atoms with Crippen LogP contribution < -0.4 is 5.32 Å². The molecule has 0 aromatic heterocycles.